The van der Waals surface area contributed by atoms with Crippen molar-refractivity contribution < 1.29 is 9.34 Å². The minimum atomic E-state index is -0.477. The van der Waals surface area contributed by atoms with Crippen LogP contribution in [0.15, 0.2) is 22.7 Å². The van der Waals surface area contributed by atoms with Crippen LogP contribution in [0.1, 0.15) is 17.3 Å². The lowest BCUT2D eigenvalue weighted by molar-refractivity contribution is -0.384. The number of nitrogens with zero attached hydrogens (tertiary/aromatic N) is 3. The number of anilines is 1. The number of rotatable bonds is 4. The van der Waals surface area contributed by atoms with E-state index in [-0.39, 0.29) is 18.1 Å². The summed E-state index contributed by atoms with van der Waals surface area (Å²) < 4.78 is 5.26. The van der Waals surface area contributed by atoms with Gasteiger partial charge in [-0.25, -0.2) is 9.97 Å². The van der Waals surface area contributed by atoms with E-state index >= 15 is 0 Å². The lowest BCUT2D eigenvalue weighted by Gasteiger charge is -2.04. The summed E-state index contributed by atoms with van der Waals surface area (Å²) >= 11 is 0. The monoisotopic (exact) mass is 248 g/mol. The molecule has 18 heavy (non-hydrogen) atoms. The lowest BCUT2D eigenvalue weighted by atomic mass is 10.3. The summed E-state index contributed by atoms with van der Waals surface area (Å²) in [4.78, 5) is 18.5. The molecule has 0 amide bonds. The first-order valence-electron chi connectivity index (χ1n) is 5.33. The van der Waals surface area contributed by atoms with Crippen LogP contribution in [0.3, 0.4) is 0 Å². The highest BCUT2D eigenvalue weighted by Crippen LogP contribution is 2.22. The van der Waals surface area contributed by atoms with E-state index in [2.05, 4.69) is 15.3 Å². The summed E-state index contributed by atoms with van der Waals surface area (Å²) in [5.74, 6) is 1.37. The van der Waals surface area contributed by atoms with Gasteiger partial charge in [0.25, 0.3) is 0 Å². The van der Waals surface area contributed by atoms with Crippen LogP contribution in [0.4, 0.5) is 11.5 Å². The van der Waals surface area contributed by atoms with Crippen LogP contribution in [0, 0.1) is 24.0 Å². The first-order valence-corrected chi connectivity index (χ1v) is 5.33. The molecule has 0 fully saturated rings. The summed E-state index contributed by atoms with van der Waals surface area (Å²) in [6, 6.07) is 3.02. The zero-order valence-corrected chi connectivity index (χ0v) is 10.0. The van der Waals surface area contributed by atoms with Gasteiger partial charge in [0.05, 0.1) is 17.7 Å². The highest BCUT2D eigenvalue weighted by atomic mass is 16.6. The number of oxazole rings is 1. The Morgan fingerprint density at radius 1 is 1.44 bits per heavy atom. The predicted octanol–water partition coefficient (Wildman–Crippen LogP) is 2.21. The molecule has 0 saturated heterocycles. The molecule has 0 atom stereocenters. The van der Waals surface area contributed by atoms with E-state index in [0.717, 1.165) is 0 Å². The Morgan fingerprint density at radius 3 is 2.83 bits per heavy atom. The maximum atomic E-state index is 10.8. The molecule has 1 N–H and O–H groups in total. The van der Waals surface area contributed by atoms with Gasteiger partial charge >= 0.3 is 5.69 Å². The molecule has 7 nitrogen and oxygen atoms in total. The van der Waals surface area contributed by atoms with Crippen molar-refractivity contribution in [3.05, 3.63) is 45.8 Å². The molecule has 0 aliphatic rings. The van der Waals surface area contributed by atoms with Crippen molar-refractivity contribution in [2.45, 2.75) is 20.4 Å². The van der Waals surface area contributed by atoms with Crippen molar-refractivity contribution in [1.82, 2.24) is 9.97 Å². The average Bonchev–Trinajstić information content (AvgIpc) is 2.72. The van der Waals surface area contributed by atoms with E-state index in [1.807, 2.05) is 0 Å². The van der Waals surface area contributed by atoms with Crippen LogP contribution in [-0.2, 0) is 6.54 Å². The molecule has 2 aromatic rings. The highest BCUT2D eigenvalue weighted by Gasteiger charge is 2.15. The van der Waals surface area contributed by atoms with Crippen LogP contribution in [0.25, 0.3) is 0 Å². The van der Waals surface area contributed by atoms with Crippen molar-refractivity contribution in [3.63, 3.8) is 0 Å². The zero-order chi connectivity index (χ0) is 13.1. The Bertz CT molecular complexity index is 579. The molecule has 2 heterocycles. The van der Waals surface area contributed by atoms with Gasteiger partial charge in [0.15, 0.2) is 0 Å². The molecule has 0 aromatic carbocycles. The van der Waals surface area contributed by atoms with Gasteiger partial charge in [-0.15, -0.1) is 0 Å². The van der Waals surface area contributed by atoms with Crippen molar-refractivity contribution in [3.8, 4) is 0 Å². The predicted molar refractivity (Wildman–Crippen MR) is 64.2 cm³/mol. The second-order valence-electron chi connectivity index (χ2n) is 3.80. The van der Waals surface area contributed by atoms with Gasteiger partial charge in [-0.05, 0) is 19.9 Å². The van der Waals surface area contributed by atoms with Gasteiger partial charge in [-0.2, -0.15) is 0 Å². The second kappa shape index (κ2) is 4.82. The lowest BCUT2D eigenvalue weighted by Crippen LogP contribution is -2.05. The number of nitro groups is 1. The van der Waals surface area contributed by atoms with E-state index in [1.54, 1.807) is 26.1 Å². The van der Waals surface area contributed by atoms with Crippen molar-refractivity contribution >= 4 is 11.5 Å². The van der Waals surface area contributed by atoms with Gasteiger partial charge in [-0.1, -0.05) is 0 Å². The smallest absolute Gasteiger partial charge is 0.311 e. The number of aromatic nitrogens is 2. The van der Waals surface area contributed by atoms with E-state index < -0.39 is 4.92 Å². The third-order valence-electron chi connectivity index (χ3n) is 2.29. The molecule has 0 aliphatic carbocycles. The average molecular weight is 248 g/mol. The first kappa shape index (κ1) is 12.0. The molecule has 7 heteroatoms. The highest BCUT2D eigenvalue weighted by molar-refractivity contribution is 5.55. The Hall–Kier alpha value is -2.44. The Labute approximate surface area is 103 Å². The minimum absolute atomic E-state index is 0.0659. The summed E-state index contributed by atoms with van der Waals surface area (Å²) in [6.07, 6.45) is 1.59. The fraction of sp³-hybridized carbons (Fsp3) is 0.273. The molecule has 0 aliphatic heterocycles. The second-order valence-corrected chi connectivity index (χ2v) is 3.80. The zero-order valence-electron chi connectivity index (χ0n) is 10.0. The van der Waals surface area contributed by atoms with Gasteiger partial charge in [0.2, 0.25) is 11.7 Å². The van der Waals surface area contributed by atoms with Crippen LogP contribution in [-0.4, -0.2) is 14.9 Å². The van der Waals surface area contributed by atoms with E-state index in [0.29, 0.717) is 17.3 Å². The molecular weight excluding hydrogens is 236 g/mol. The third kappa shape index (κ3) is 2.62. The maximum absolute atomic E-state index is 10.8. The topological polar surface area (TPSA) is 94.1 Å². The molecule has 0 saturated carbocycles. The summed E-state index contributed by atoms with van der Waals surface area (Å²) in [5, 5.41) is 13.7. The fourth-order valence-corrected chi connectivity index (χ4v) is 1.47. The van der Waals surface area contributed by atoms with Crippen molar-refractivity contribution in [2.75, 3.05) is 5.32 Å². The quantitative estimate of drug-likeness (QED) is 0.658. The Balaban J connectivity index is 2.17. The van der Waals surface area contributed by atoms with Gasteiger partial charge < -0.3 is 9.73 Å². The number of hydrogen-bond acceptors (Lipinski definition) is 6. The molecule has 2 rings (SSSR count). The Morgan fingerprint density at radius 2 is 2.22 bits per heavy atom. The van der Waals surface area contributed by atoms with Crippen LogP contribution < -0.4 is 5.32 Å². The SMILES string of the molecule is Cc1ccc([N+](=O)[O-])c(NCc2ncc(C)o2)n1. The largest absolute Gasteiger partial charge is 0.444 e. The van der Waals surface area contributed by atoms with Crippen molar-refractivity contribution in [2.24, 2.45) is 0 Å². The molecule has 94 valence electrons. The molecule has 0 unspecified atom stereocenters. The third-order valence-corrected chi connectivity index (χ3v) is 2.29. The van der Waals surface area contributed by atoms with Crippen molar-refractivity contribution in [1.29, 1.82) is 0 Å². The molecule has 0 bridgehead atoms. The Kier molecular flexibility index (Phi) is 3.22. The number of aryl methyl sites for hydroxylation is 2. The number of nitrogens with one attached hydrogen (secondary N) is 1. The van der Waals surface area contributed by atoms with Crippen LogP contribution in [0.2, 0.25) is 0 Å². The fourth-order valence-electron chi connectivity index (χ4n) is 1.47. The summed E-state index contributed by atoms with van der Waals surface area (Å²) in [6.45, 7) is 3.80. The van der Waals surface area contributed by atoms with Crippen LogP contribution in [0.5, 0.6) is 0 Å². The molecule has 2 aromatic heterocycles. The maximum Gasteiger partial charge on any atom is 0.311 e. The first-order chi connectivity index (χ1) is 8.56. The number of pyridine rings is 1. The minimum Gasteiger partial charge on any atom is -0.444 e. The number of hydrogen-bond donors (Lipinski definition) is 1. The normalized spacial score (nSPS) is 10.3. The van der Waals surface area contributed by atoms with E-state index in [9.17, 15) is 10.1 Å². The standard InChI is InChI=1S/C11H12N4O3/c1-7-3-4-9(15(16)17)11(14-7)13-6-10-12-5-8(2)18-10/h3-5H,6H2,1-2H3,(H,13,14). The van der Waals surface area contributed by atoms with Gasteiger partial charge in [0.1, 0.15) is 5.76 Å². The molecular formula is C11H12N4O3. The summed E-state index contributed by atoms with van der Waals surface area (Å²) in [5.41, 5.74) is 0.635. The van der Waals surface area contributed by atoms with Gasteiger partial charge in [0, 0.05) is 11.8 Å². The summed E-state index contributed by atoms with van der Waals surface area (Å²) in [7, 11) is 0. The van der Waals surface area contributed by atoms with E-state index in [4.69, 9.17) is 4.42 Å². The molecule has 0 radical (unpaired) electrons. The van der Waals surface area contributed by atoms with Gasteiger partial charge in [-0.3, -0.25) is 10.1 Å². The molecule has 0 spiro atoms. The van der Waals surface area contributed by atoms with Crippen LogP contribution >= 0.6 is 0 Å². The van der Waals surface area contributed by atoms with E-state index in [1.165, 1.54) is 6.07 Å².